The molecule has 6 heteroatoms. The Kier molecular flexibility index (Phi) is 8.15. The molecule has 0 bridgehead atoms. The molecule has 2 N–H and O–H groups in total. The minimum absolute atomic E-state index is 0.129. The van der Waals surface area contributed by atoms with Crippen LogP contribution in [-0.4, -0.2) is 31.3 Å². The molecular weight excluding hydrogens is 434 g/mol. The summed E-state index contributed by atoms with van der Waals surface area (Å²) in [6, 6.07) is 12.3. The topological polar surface area (TPSA) is 67.8 Å². The molecule has 2 aromatic rings. The van der Waals surface area contributed by atoms with Crippen molar-refractivity contribution in [2.75, 3.05) is 20.3 Å². The highest BCUT2D eigenvalue weighted by Gasteiger charge is 2.36. The molecule has 0 heterocycles. The first kappa shape index (κ1) is 22.4. The first-order chi connectivity index (χ1) is 13.9. The molecule has 0 aliphatic carbocycles. The van der Waals surface area contributed by atoms with Crippen LogP contribution in [0.1, 0.15) is 17.5 Å². The minimum atomic E-state index is -1.79. The van der Waals surface area contributed by atoms with Gasteiger partial charge in [0.1, 0.15) is 6.61 Å². The van der Waals surface area contributed by atoms with Gasteiger partial charge in [0, 0.05) is 11.0 Å². The van der Waals surface area contributed by atoms with Gasteiger partial charge in [-0.05, 0) is 41.8 Å². The van der Waals surface area contributed by atoms with Crippen LogP contribution in [0.25, 0.3) is 0 Å². The van der Waals surface area contributed by atoms with Crippen LogP contribution in [-0.2, 0) is 16.8 Å². The summed E-state index contributed by atoms with van der Waals surface area (Å²) in [5, 5.41) is 13.7. The summed E-state index contributed by atoms with van der Waals surface area (Å²) in [5.74, 6) is 5.35. The monoisotopic (exact) mass is 455 g/mol. The maximum absolute atomic E-state index is 12.7. The van der Waals surface area contributed by atoms with E-state index in [1.54, 1.807) is 37.4 Å². The lowest BCUT2D eigenvalue weighted by atomic mass is 9.89. The van der Waals surface area contributed by atoms with Gasteiger partial charge in [-0.15, -0.1) is 18.8 Å². The Morgan fingerprint density at radius 2 is 1.90 bits per heavy atom. The zero-order valence-corrected chi connectivity index (χ0v) is 17.7. The summed E-state index contributed by atoms with van der Waals surface area (Å²) in [5.41, 5.74) is -0.424. The van der Waals surface area contributed by atoms with Crippen molar-refractivity contribution in [1.82, 2.24) is 5.32 Å². The SMILES string of the molecule is C#CCOc1ccc(CCNC(=O)[C@](O)(CC#C)c2ccc(Br)cc2)cc1OC. The first-order valence-electron chi connectivity index (χ1n) is 8.88. The van der Waals surface area contributed by atoms with Crippen molar-refractivity contribution in [2.24, 2.45) is 0 Å². The second kappa shape index (κ2) is 10.6. The summed E-state index contributed by atoms with van der Waals surface area (Å²) in [6.45, 7) is 0.464. The Morgan fingerprint density at radius 3 is 2.52 bits per heavy atom. The maximum atomic E-state index is 12.7. The lowest BCUT2D eigenvalue weighted by molar-refractivity contribution is -0.140. The van der Waals surface area contributed by atoms with Gasteiger partial charge < -0.3 is 19.9 Å². The number of amides is 1. The number of halogens is 1. The number of carbonyl (C=O) groups is 1. The van der Waals surface area contributed by atoms with Gasteiger partial charge in [-0.25, -0.2) is 0 Å². The lowest BCUT2D eigenvalue weighted by Gasteiger charge is -2.25. The number of hydrogen-bond donors (Lipinski definition) is 2. The van der Waals surface area contributed by atoms with E-state index in [2.05, 4.69) is 33.1 Å². The molecule has 5 nitrogen and oxygen atoms in total. The van der Waals surface area contributed by atoms with Crippen molar-refractivity contribution in [2.45, 2.75) is 18.4 Å². The Hall–Kier alpha value is -2.93. The van der Waals surface area contributed by atoms with E-state index in [-0.39, 0.29) is 13.0 Å². The summed E-state index contributed by atoms with van der Waals surface area (Å²) in [6.07, 6.45) is 11.0. The van der Waals surface area contributed by atoms with E-state index in [1.807, 2.05) is 12.1 Å². The van der Waals surface area contributed by atoms with Crippen LogP contribution in [0.15, 0.2) is 46.9 Å². The summed E-state index contributed by atoms with van der Waals surface area (Å²) in [7, 11) is 1.54. The molecule has 0 saturated carbocycles. The van der Waals surface area contributed by atoms with E-state index >= 15 is 0 Å². The van der Waals surface area contributed by atoms with E-state index in [1.165, 1.54) is 0 Å². The Balaban J connectivity index is 2.04. The van der Waals surface area contributed by atoms with Crippen molar-refractivity contribution < 1.29 is 19.4 Å². The van der Waals surface area contributed by atoms with Crippen LogP contribution >= 0.6 is 15.9 Å². The molecule has 1 amide bonds. The van der Waals surface area contributed by atoms with Crippen molar-refractivity contribution in [3.8, 4) is 36.2 Å². The van der Waals surface area contributed by atoms with Gasteiger partial charge in [0.15, 0.2) is 17.1 Å². The van der Waals surface area contributed by atoms with Crippen LogP contribution in [0.5, 0.6) is 11.5 Å². The Morgan fingerprint density at radius 1 is 1.17 bits per heavy atom. The van der Waals surface area contributed by atoms with Gasteiger partial charge in [-0.3, -0.25) is 4.79 Å². The van der Waals surface area contributed by atoms with Gasteiger partial charge in [-0.1, -0.05) is 40.0 Å². The van der Waals surface area contributed by atoms with Gasteiger partial charge in [-0.2, -0.15) is 0 Å². The average molecular weight is 456 g/mol. The highest BCUT2D eigenvalue weighted by molar-refractivity contribution is 9.10. The number of aliphatic hydroxyl groups is 1. The number of carbonyl (C=O) groups excluding carboxylic acids is 1. The van der Waals surface area contributed by atoms with Crippen molar-refractivity contribution in [3.05, 3.63) is 58.1 Å². The van der Waals surface area contributed by atoms with Gasteiger partial charge in [0.25, 0.3) is 5.91 Å². The number of rotatable bonds is 9. The molecule has 0 unspecified atom stereocenters. The number of methoxy groups -OCH3 is 1. The van der Waals surface area contributed by atoms with Crippen molar-refractivity contribution in [3.63, 3.8) is 0 Å². The molecule has 0 spiro atoms. The van der Waals surface area contributed by atoms with Crippen molar-refractivity contribution >= 4 is 21.8 Å². The predicted octanol–water partition coefficient (Wildman–Crippen LogP) is 3.04. The van der Waals surface area contributed by atoms with Crippen LogP contribution in [0.2, 0.25) is 0 Å². The quantitative estimate of drug-likeness (QED) is 0.570. The average Bonchev–Trinajstić information content (AvgIpc) is 2.73. The summed E-state index contributed by atoms with van der Waals surface area (Å²) >= 11 is 3.34. The number of hydrogen-bond acceptors (Lipinski definition) is 4. The summed E-state index contributed by atoms with van der Waals surface area (Å²) < 4.78 is 11.6. The van der Waals surface area contributed by atoms with E-state index in [0.717, 1.165) is 10.0 Å². The molecule has 0 fully saturated rings. The number of nitrogens with one attached hydrogen (secondary N) is 1. The third kappa shape index (κ3) is 5.77. The zero-order chi connectivity index (χ0) is 21.3. The van der Waals surface area contributed by atoms with E-state index in [4.69, 9.17) is 22.3 Å². The molecule has 2 rings (SSSR count). The van der Waals surface area contributed by atoms with E-state index in [0.29, 0.717) is 30.0 Å². The van der Waals surface area contributed by atoms with Gasteiger partial charge in [0.05, 0.1) is 13.5 Å². The van der Waals surface area contributed by atoms with Crippen LogP contribution < -0.4 is 14.8 Å². The Labute approximate surface area is 179 Å². The van der Waals surface area contributed by atoms with Gasteiger partial charge in [0.2, 0.25) is 0 Å². The largest absolute Gasteiger partial charge is 0.493 e. The highest BCUT2D eigenvalue weighted by Crippen LogP contribution is 2.29. The minimum Gasteiger partial charge on any atom is -0.493 e. The fourth-order valence-electron chi connectivity index (χ4n) is 2.76. The highest BCUT2D eigenvalue weighted by atomic mass is 79.9. The molecule has 2 aromatic carbocycles. The lowest BCUT2D eigenvalue weighted by Crippen LogP contribution is -2.45. The fraction of sp³-hybridized carbons (Fsp3) is 0.261. The number of benzene rings is 2. The molecule has 0 aliphatic rings. The predicted molar refractivity (Wildman–Crippen MR) is 116 cm³/mol. The zero-order valence-electron chi connectivity index (χ0n) is 16.1. The number of terminal acetylenes is 2. The molecule has 29 heavy (non-hydrogen) atoms. The third-order valence-corrected chi connectivity index (χ3v) is 4.82. The molecule has 0 radical (unpaired) electrons. The normalized spacial score (nSPS) is 12.2. The molecular formula is C23H22BrNO4. The molecule has 0 saturated heterocycles. The Bertz CT molecular complexity index is 927. The maximum Gasteiger partial charge on any atom is 0.257 e. The van der Waals surface area contributed by atoms with Crippen molar-refractivity contribution in [1.29, 1.82) is 0 Å². The first-order valence-corrected chi connectivity index (χ1v) is 9.67. The third-order valence-electron chi connectivity index (χ3n) is 4.29. The fourth-order valence-corrected chi connectivity index (χ4v) is 3.02. The van der Waals surface area contributed by atoms with Crippen LogP contribution in [0.4, 0.5) is 0 Å². The molecule has 150 valence electrons. The number of ether oxygens (including phenoxy) is 2. The standard InChI is InChI=1S/C23H22BrNO4/c1-4-13-23(27,18-7-9-19(24)10-8-18)22(26)25-14-12-17-6-11-20(29-15-5-2)21(16-17)28-3/h1-2,6-11,16,27H,12-15H2,3H3,(H,25,26)/t23-/m0/s1. The molecule has 1 atom stereocenters. The summed E-state index contributed by atoms with van der Waals surface area (Å²) in [4.78, 5) is 12.7. The molecule has 0 aliphatic heterocycles. The second-order valence-electron chi connectivity index (χ2n) is 6.23. The van der Waals surface area contributed by atoms with Gasteiger partial charge >= 0.3 is 0 Å². The smallest absolute Gasteiger partial charge is 0.257 e. The second-order valence-corrected chi connectivity index (χ2v) is 7.15. The molecule has 0 aromatic heterocycles. The van der Waals surface area contributed by atoms with E-state index < -0.39 is 11.5 Å². The van der Waals surface area contributed by atoms with Crippen LogP contribution in [0, 0.1) is 24.7 Å². The van der Waals surface area contributed by atoms with E-state index in [9.17, 15) is 9.90 Å². The van der Waals surface area contributed by atoms with Crippen LogP contribution in [0.3, 0.4) is 0 Å².